The van der Waals surface area contributed by atoms with E-state index in [4.69, 9.17) is 39.5 Å². The van der Waals surface area contributed by atoms with Gasteiger partial charge in [-0.25, -0.2) is 0 Å². The molecule has 2 aromatic carbocycles. The van der Waals surface area contributed by atoms with Gasteiger partial charge in [-0.2, -0.15) is 0 Å². The third-order valence-corrected chi connectivity index (χ3v) is 6.76. The number of para-hydroxylation sites is 1. The first kappa shape index (κ1) is 23.4. The fourth-order valence-electron chi connectivity index (χ4n) is 3.23. The zero-order valence-electron chi connectivity index (χ0n) is 16.9. The Hall–Kier alpha value is -1.81. The molecule has 0 bridgehead atoms. The predicted molar refractivity (Wildman–Crippen MR) is 128 cm³/mol. The van der Waals surface area contributed by atoms with Gasteiger partial charge in [0.15, 0.2) is 11.0 Å². The van der Waals surface area contributed by atoms with Crippen molar-refractivity contribution < 1.29 is 9.53 Å². The van der Waals surface area contributed by atoms with E-state index in [2.05, 4.69) is 20.4 Å². The van der Waals surface area contributed by atoms with Crippen LogP contribution in [0.25, 0.3) is 5.69 Å². The van der Waals surface area contributed by atoms with E-state index in [1.807, 2.05) is 34.9 Å². The third-order valence-electron chi connectivity index (χ3n) is 4.80. The SMILES string of the molecule is O=C(CSc1nnc(CN2CCOCC2)n1-c1ccccc1)Nc1cc(Cl)c(Cl)cc1Cl. The second-order valence-corrected chi connectivity index (χ2v) is 9.21. The second-order valence-electron chi connectivity index (χ2n) is 7.04. The summed E-state index contributed by atoms with van der Waals surface area (Å²) < 4.78 is 7.42. The van der Waals surface area contributed by atoms with Gasteiger partial charge in [0.2, 0.25) is 5.91 Å². The van der Waals surface area contributed by atoms with Gasteiger partial charge in [0.1, 0.15) is 0 Å². The summed E-state index contributed by atoms with van der Waals surface area (Å²) in [4.78, 5) is 14.8. The Kier molecular flexibility index (Phi) is 7.93. The van der Waals surface area contributed by atoms with Crippen LogP contribution in [-0.2, 0) is 16.1 Å². The topological polar surface area (TPSA) is 72.3 Å². The zero-order valence-corrected chi connectivity index (χ0v) is 20.0. The van der Waals surface area contributed by atoms with Crippen LogP contribution in [0.1, 0.15) is 5.82 Å². The molecule has 1 aromatic heterocycles. The number of hydrogen-bond acceptors (Lipinski definition) is 6. The number of ether oxygens (including phenoxy) is 1. The van der Waals surface area contributed by atoms with Gasteiger partial charge in [-0.15, -0.1) is 10.2 Å². The Morgan fingerprint density at radius 3 is 2.50 bits per heavy atom. The monoisotopic (exact) mass is 511 g/mol. The number of aromatic nitrogens is 3. The van der Waals surface area contributed by atoms with Gasteiger partial charge < -0.3 is 10.1 Å². The van der Waals surface area contributed by atoms with Crippen molar-refractivity contribution in [2.24, 2.45) is 0 Å². The minimum Gasteiger partial charge on any atom is -0.379 e. The molecule has 2 heterocycles. The average Bonchev–Trinajstić information content (AvgIpc) is 3.19. The molecule has 1 aliphatic heterocycles. The smallest absolute Gasteiger partial charge is 0.234 e. The lowest BCUT2D eigenvalue weighted by atomic mass is 10.3. The van der Waals surface area contributed by atoms with Gasteiger partial charge in [0.05, 0.1) is 46.3 Å². The van der Waals surface area contributed by atoms with E-state index in [1.54, 1.807) is 0 Å². The molecule has 1 amide bonds. The molecule has 0 atom stereocenters. The van der Waals surface area contributed by atoms with Crippen molar-refractivity contribution in [2.45, 2.75) is 11.7 Å². The molecule has 4 rings (SSSR count). The normalized spacial score (nSPS) is 14.5. The molecule has 1 aliphatic rings. The van der Waals surface area contributed by atoms with Crippen molar-refractivity contribution in [3.05, 3.63) is 63.4 Å². The summed E-state index contributed by atoms with van der Waals surface area (Å²) in [7, 11) is 0. The zero-order chi connectivity index (χ0) is 22.5. The van der Waals surface area contributed by atoms with Gasteiger partial charge in [-0.05, 0) is 24.3 Å². The number of carbonyl (C=O) groups excluding carboxylic acids is 1. The first-order valence-corrected chi connectivity index (χ1v) is 12.0. The Morgan fingerprint density at radius 1 is 1.03 bits per heavy atom. The summed E-state index contributed by atoms with van der Waals surface area (Å²) in [6.07, 6.45) is 0. The molecule has 0 spiro atoms. The Bertz CT molecular complexity index is 1090. The third kappa shape index (κ3) is 5.75. The van der Waals surface area contributed by atoms with E-state index in [0.717, 1.165) is 24.6 Å². The van der Waals surface area contributed by atoms with Gasteiger partial charge >= 0.3 is 0 Å². The molecule has 1 saturated heterocycles. The number of halogens is 3. The maximum Gasteiger partial charge on any atom is 0.234 e. The fraction of sp³-hybridized carbons (Fsp3) is 0.286. The van der Waals surface area contributed by atoms with Crippen LogP contribution in [0.5, 0.6) is 0 Å². The molecule has 11 heteroatoms. The van der Waals surface area contributed by atoms with E-state index in [0.29, 0.717) is 45.7 Å². The highest BCUT2D eigenvalue weighted by Gasteiger charge is 2.20. The highest BCUT2D eigenvalue weighted by molar-refractivity contribution is 7.99. The van der Waals surface area contributed by atoms with Crippen LogP contribution in [-0.4, -0.2) is 57.6 Å². The Morgan fingerprint density at radius 2 is 1.75 bits per heavy atom. The van der Waals surface area contributed by atoms with Gasteiger partial charge in [-0.1, -0.05) is 64.8 Å². The number of anilines is 1. The lowest BCUT2D eigenvalue weighted by Gasteiger charge is -2.26. The first-order valence-electron chi connectivity index (χ1n) is 9.88. The first-order chi connectivity index (χ1) is 15.5. The summed E-state index contributed by atoms with van der Waals surface area (Å²) in [5.74, 6) is 0.695. The van der Waals surface area contributed by atoms with Crippen molar-refractivity contribution in [3.63, 3.8) is 0 Å². The molecule has 7 nitrogen and oxygen atoms in total. The standard InChI is InChI=1S/C21H20Cl3N5O2S/c22-15-10-17(24)18(11-16(15)23)25-20(30)13-32-21-27-26-19(12-28-6-8-31-9-7-28)29(21)14-4-2-1-3-5-14/h1-5,10-11H,6-9,12-13H2,(H,25,30). The summed E-state index contributed by atoms with van der Waals surface area (Å²) in [5, 5.41) is 13.1. The molecule has 0 radical (unpaired) electrons. The highest BCUT2D eigenvalue weighted by atomic mass is 35.5. The highest BCUT2D eigenvalue weighted by Crippen LogP contribution is 2.32. The van der Waals surface area contributed by atoms with Crippen molar-refractivity contribution in [1.82, 2.24) is 19.7 Å². The minimum atomic E-state index is -0.243. The number of carbonyl (C=O) groups is 1. The van der Waals surface area contributed by atoms with E-state index in [9.17, 15) is 4.79 Å². The number of morpholine rings is 1. The maximum atomic E-state index is 12.6. The number of amides is 1. The summed E-state index contributed by atoms with van der Waals surface area (Å²) in [5.41, 5.74) is 1.35. The lowest BCUT2D eigenvalue weighted by molar-refractivity contribution is -0.113. The molecular formula is C21H20Cl3N5O2S. The van der Waals surface area contributed by atoms with Crippen LogP contribution in [0.4, 0.5) is 5.69 Å². The van der Waals surface area contributed by atoms with Crippen molar-refractivity contribution >= 4 is 58.2 Å². The summed E-state index contributed by atoms with van der Waals surface area (Å²) in [6, 6.07) is 12.9. The summed E-state index contributed by atoms with van der Waals surface area (Å²) in [6.45, 7) is 3.75. The van der Waals surface area contributed by atoms with Crippen molar-refractivity contribution in [1.29, 1.82) is 0 Å². The second kappa shape index (κ2) is 10.9. The lowest BCUT2D eigenvalue weighted by Crippen LogP contribution is -2.36. The predicted octanol–water partition coefficient (Wildman–Crippen LogP) is 4.79. The molecule has 1 N–H and O–H groups in total. The largest absolute Gasteiger partial charge is 0.379 e. The molecule has 0 saturated carbocycles. The van der Waals surface area contributed by atoms with E-state index < -0.39 is 0 Å². The number of benzene rings is 2. The van der Waals surface area contributed by atoms with Crippen LogP contribution >= 0.6 is 46.6 Å². The number of nitrogens with one attached hydrogen (secondary N) is 1. The van der Waals surface area contributed by atoms with Crippen molar-refractivity contribution in [3.8, 4) is 5.69 Å². The number of thioether (sulfide) groups is 1. The number of nitrogens with zero attached hydrogens (tertiary/aromatic N) is 4. The quantitative estimate of drug-likeness (QED) is 0.362. The molecule has 32 heavy (non-hydrogen) atoms. The van der Waals surface area contributed by atoms with Crippen LogP contribution in [0, 0.1) is 0 Å². The van der Waals surface area contributed by atoms with Crippen LogP contribution in [0.3, 0.4) is 0 Å². The molecule has 1 fully saturated rings. The number of rotatable bonds is 7. The molecule has 3 aromatic rings. The van der Waals surface area contributed by atoms with Crippen molar-refractivity contribution in [2.75, 3.05) is 37.4 Å². The average molecular weight is 513 g/mol. The molecule has 0 aliphatic carbocycles. The van der Waals surface area contributed by atoms with E-state index in [-0.39, 0.29) is 11.7 Å². The molecular weight excluding hydrogens is 493 g/mol. The Balaban J connectivity index is 1.49. The Labute approximate surface area is 205 Å². The summed E-state index contributed by atoms with van der Waals surface area (Å²) >= 11 is 19.4. The minimum absolute atomic E-state index is 0.124. The van der Waals surface area contributed by atoms with Crippen LogP contribution in [0.15, 0.2) is 47.6 Å². The van der Waals surface area contributed by atoms with Crippen LogP contribution < -0.4 is 5.32 Å². The van der Waals surface area contributed by atoms with E-state index in [1.165, 1.54) is 23.9 Å². The van der Waals surface area contributed by atoms with E-state index >= 15 is 0 Å². The fourth-order valence-corrected chi connectivity index (χ4v) is 4.59. The van der Waals surface area contributed by atoms with Gasteiger partial charge in [-0.3, -0.25) is 14.3 Å². The molecule has 0 unspecified atom stereocenters. The number of hydrogen-bond donors (Lipinski definition) is 1. The molecule has 168 valence electrons. The van der Waals surface area contributed by atoms with Gasteiger partial charge in [0, 0.05) is 18.8 Å². The maximum absolute atomic E-state index is 12.6. The van der Waals surface area contributed by atoms with Gasteiger partial charge in [0.25, 0.3) is 0 Å². The van der Waals surface area contributed by atoms with Crippen LogP contribution in [0.2, 0.25) is 15.1 Å².